The minimum atomic E-state index is -0.346. The molecule has 0 spiro atoms. The van der Waals surface area contributed by atoms with Crippen LogP contribution in [-0.2, 0) is 46.4 Å². The van der Waals surface area contributed by atoms with Crippen molar-refractivity contribution in [1.29, 1.82) is 0 Å². The first-order chi connectivity index (χ1) is 18.6. The van der Waals surface area contributed by atoms with Crippen molar-refractivity contribution in [1.82, 2.24) is 25.2 Å². The van der Waals surface area contributed by atoms with E-state index in [9.17, 15) is 14.4 Å². The number of carbonyl (C=O) groups is 3. The van der Waals surface area contributed by atoms with Gasteiger partial charge in [-0.2, -0.15) is 0 Å². The molecule has 0 aliphatic carbocycles. The lowest BCUT2D eigenvalue weighted by atomic mass is 10.2. The summed E-state index contributed by atoms with van der Waals surface area (Å²) in [6.45, 7) is 11.6. The summed E-state index contributed by atoms with van der Waals surface area (Å²) in [6.07, 6.45) is 9.39. The number of aromatic nitrogens is 3. The maximum absolute atomic E-state index is 11.5. The Kier molecular flexibility index (Phi) is 24.4. The molecule has 38 heavy (non-hydrogen) atoms. The number of nitrogens with zero attached hydrogens (tertiary/aromatic N) is 4. The summed E-state index contributed by atoms with van der Waals surface area (Å²) >= 11 is 0. The van der Waals surface area contributed by atoms with Gasteiger partial charge < -0.3 is 29.1 Å². The lowest BCUT2D eigenvalue weighted by molar-refractivity contribution is -0.137. The molecular weight excluding hydrogens is 494 g/mol. The molecule has 1 N–H and O–H groups in total. The van der Waals surface area contributed by atoms with Crippen LogP contribution in [0.15, 0.2) is 18.3 Å². The summed E-state index contributed by atoms with van der Waals surface area (Å²) in [4.78, 5) is 34.2. The number of rotatable bonds is 21. The second-order valence-corrected chi connectivity index (χ2v) is 7.78. The van der Waals surface area contributed by atoms with Crippen LogP contribution >= 0.6 is 0 Å². The Morgan fingerprint density at radius 3 is 1.95 bits per heavy atom. The van der Waals surface area contributed by atoms with E-state index in [0.717, 1.165) is 11.2 Å². The highest BCUT2D eigenvalue weighted by atomic mass is 16.6. The van der Waals surface area contributed by atoms with Gasteiger partial charge in [0.05, 0.1) is 72.1 Å². The molecular formula is C26H47N5O7. The molecule has 1 aliphatic rings. The molecule has 1 aromatic rings. The topological polar surface area (TPSA) is 134 Å². The molecule has 2 heterocycles. The highest BCUT2D eigenvalue weighted by Gasteiger charge is 2.24. The number of imide groups is 1. The molecule has 218 valence electrons. The van der Waals surface area contributed by atoms with Crippen molar-refractivity contribution in [2.24, 2.45) is 0 Å². The van der Waals surface area contributed by atoms with Crippen LogP contribution in [0.1, 0.15) is 52.1 Å². The van der Waals surface area contributed by atoms with E-state index in [1.807, 2.05) is 20.9 Å². The number of unbranched alkanes of at least 4 members (excludes halogenated alkanes) is 2. The number of nitrogens with one attached hydrogen (secondary N) is 1. The van der Waals surface area contributed by atoms with E-state index in [1.165, 1.54) is 38.0 Å². The third-order valence-electron chi connectivity index (χ3n) is 4.80. The van der Waals surface area contributed by atoms with Gasteiger partial charge >= 0.3 is 0 Å². The number of hydrogen-bond acceptors (Lipinski definition) is 10. The highest BCUT2D eigenvalue weighted by molar-refractivity contribution is 6.12. The Labute approximate surface area is 227 Å². The van der Waals surface area contributed by atoms with Crippen molar-refractivity contribution in [3.8, 4) is 0 Å². The number of hydrogen-bond donors (Lipinski definition) is 1. The summed E-state index contributed by atoms with van der Waals surface area (Å²) in [6, 6.07) is 0. The second kappa shape index (κ2) is 26.1. The lowest BCUT2D eigenvalue weighted by Crippen LogP contribution is -2.29. The third-order valence-corrected chi connectivity index (χ3v) is 4.80. The van der Waals surface area contributed by atoms with Crippen molar-refractivity contribution < 1.29 is 33.3 Å². The molecule has 0 saturated carbocycles. The van der Waals surface area contributed by atoms with Gasteiger partial charge in [0.25, 0.3) is 11.8 Å². The first-order valence-corrected chi connectivity index (χ1v) is 13.4. The van der Waals surface area contributed by atoms with Gasteiger partial charge in [-0.25, -0.2) is 4.68 Å². The van der Waals surface area contributed by atoms with Gasteiger partial charge in [0.1, 0.15) is 12.0 Å². The Morgan fingerprint density at radius 2 is 1.42 bits per heavy atom. The fraction of sp³-hybridized carbons (Fsp3) is 0.731. The monoisotopic (exact) mass is 541 g/mol. The van der Waals surface area contributed by atoms with Crippen LogP contribution in [-0.4, -0.2) is 104 Å². The molecule has 0 unspecified atom stereocenters. The minimum absolute atomic E-state index is 0.103. The van der Waals surface area contributed by atoms with E-state index in [2.05, 4.69) is 22.6 Å². The largest absolute Gasteiger partial charge is 0.379 e. The first-order valence-electron chi connectivity index (χ1n) is 13.4. The Balaban J connectivity index is 0.00000132. The molecule has 2 rings (SSSR count). The third kappa shape index (κ3) is 18.7. The number of aldehydes is 1. The van der Waals surface area contributed by atoms with Crippen LogP contribution in [0.3, 0.4) is 0 Å². The molecule has 0 atom stereocenters. The van der Waals surface area contributed by atoms with E-state index in [4.69, 9.17) is 18.9 Å². The van der Waals surface area contributed by atoms with E-state index < -0.39 is 0 Å². The summed E-state index contributed by atoms with van der Waals surface area (Å²) < 4.78 is 22.9. The molecule has 12 heteroatoms. The molecule has 0 bridgehead atoms. The maximum atomic E-state index is 11.5. The number of carbonyl (C=O) groups excluding carboxylic acids is 3. The normalized spacial score (nSPS) is 12.3. The van der Waals surface area contributed by atoms with Crippen LogP contribution in [0.4, 0.5) is 0 Å². The van der Waals surface area contributed by atoms with Crippen LogP contribution in [0.2, 0.25) is 0 Å². The van der Waals surface area contributed by atoms with Crippen LogP contribution < -0.4 is 5.32 Å². The second-order valence-electron chi connectivity index (χ2n) is 7.78. The van der Waals surface area contributed by atoms with Crippen LogP contribution in [0, 0.1) is 0 Å². The quantitative estimate of drug-likeness (QED) is 0.139. The zero-order chi connectivity index (χ0) is 28.3. The molecule has 0 aromatic carbocycles. The molecule has 0 saturated heterocycles. The highest BCUT2D eigenvalue weighted by Crippen LogP contribution is 2.08. The minimum Gasteiger partial charge on any atom is -0.379 e. The van der Waals surface area contributed by atoms with Gasteiger partial charge in [-0.1, -0.05) is 38.8 Å². The van der Waals surface area contributed by atoms with Crippen molar-refractivity contribution in [2.45, 2.75) is 59.5 Å². The Morgan fingerprint density at radius 1 is 0.868 bits per heavy atom. The summed E-state index contributed by atoms with van der Waals surface area (Å²) in [7, 11) is 2.00. The van der Waals surface area contributed by atoms with E-state index in [-0.39, 0.29) is 18.4 Å². The average molecular weight is 542 g/mol. The van der Waals surface area contributed by atoms with Crippen molar-refractivity contribution in [3.05, 3.63) is 24.0 Å². The zero-order valence-electron chi connectivity index (χ0n) is 23.6. The summed E-state index contributed by atoms with van der Waals surface area (Å²) in [5.41, 5.74) is 0.535. The Bertz CT molecular complexity index is 736. The van der Waals surface area contributed by atoms with Crippen LogP contribution in [0.25, 0.3) is 0 Å². The van der Waals surface area contributed by atoms with Gasteiger partial charge in [-0.3, -0.25) is 14.5 Å². The van der Waals surface area contributed by atoms with Crippen molar-refractivity contribution in [2.75, 3.05) is 66.4 Å². The van der Waals surface area contributed by atoms with Gasteiger partial charge in [-0.05, 0) is 20.0 Å². The Hall–Kier alpha value is -2.51. The lowest BCUT2D eigenvalue weighted by Gasteiger charge is -2.10. The maximum Gasteiger partial charge on any atom is 0.253 e. The molecule has 1 aromatic heterocycles. The molecule has 12 nitrogen and oxygen atoms in total. The average Bonchev–Trinajstić information content (AvgIpc) is 3.52. The van der Waals surface area contributed by atoms with Crippen molar-refractivity contribution >= 4 is 18.1 Å². The first kappa shape index (κ1) is 35.5. The van der Waals surface area contributed by atoms with E-state index in [1.54, 1.807) is 10.9 Å². The fourth-order valence-electron chi connectivity index (χ4n) is 2.87. The van der Waals surface area contributed by atoms with Gasteiger partial charge in [-0.15, -0.1) is 5.10 Å². The fourth-order valence-corrected chi connectivity index (χ4v) is 2.87. The standard InChI is InChI=1S/C18H26N4O7.C6H15N.C2H6/c23-5-1-6-26-8-10-28-12-13-29-11-9-27-7-4-21-14-16(19-20-21)15-22-17(24)2-3-18(22)25;1-3-4-5-6-7-2;1-2/h2-3,5,14H,1,4,6-13,15H2;7H,3-6H2,1-2H3;1-2H3. The summed E-state index contributed by atoms with van der Waals surface area (Å²) in [5.74, 6) is -0.692. The molecule has 1 aliphatic heterocycles. The number of amides is 2. The van der Waals surface area contributed by atoms with E-state index >= 15 is 0 Å². The summed E-state index contributed by atoms with van der Waals surface area (Å²) in [5, 5.41) is 11.0. The SMILES string of the molecule is CC.CCCCCNC.O=CCCOCCOCCOCCOCCn1cc(CN2C(=O)C=CC2=O)nn1. The predicted octanol–water partition coefficient (Wildman–Crippen LogP) is 1.78. The van der Waals surface area contributed by atoms with Crippen LogP contribution in [0.5, 0.6) is 0 Å². The molecule has 0 radical (unpaired) electrons. The zero-order valence-corrected chi connectivity index (χ0v) is 23.6. The number of ether oxygens (including phenoxy) is 4. The molecule has 2 amide bonds. The smallest absolute Gasteiger partial charge is 0.253 e. The predicted molar refractivity (Wildman–Crippen MR) is 143 cm³/mol. The molecule has 0 fully saturated rings. The van der Waals surface area contributed by atoms with Gasteiger partial charge in [0.2, 0.25) is 0 Å². The van der Waals surface area contributed by atoms with E-state index in [0.29, 0.717) is 71.5 Å². The van der Waals surface area contributed by atoms with Gasteiger partial charge in [0, 0.05) is 18.6 Å². The van der Waals surface area contributed by atoms with Gasteiger partial charge in [0.15, 0.2) is 0 Å². The van der Waals surface area contributed by atoms with Crippen molar-refractivity contribution in [3.63, 3.8) is 0 Å².